The molecule has 1 unspecified atom stereocenters. The van der Waals surface area contributed by atoms with Gasteiger partial charge in [-0.25, -0.2) is 0 Å². The third kappa shape index (κ3) is 2.85. The highest BCUT2D eigenvalue weighted by Gasteiger charge is 2.23. The molecule has 2 heterocycles. The zero-order valence-corrected chi connectivity index (χ0v) is 11.4. The summed E-state index contributed by atoms with van der Waals surface area (Å²) in [5.41, 5.74) is 3.73. The van der Waals surface area contributed by atoms with Crippen molar-refractivity contribution in [3.8, 4) is 0 Å². The summed E-state index contributed by atoms with van der Waals surface area (Å²) in [6.45, 7) is 1.19. The smallest absolute Gasteiger partial charge is 0.0578 e. The molecule has 1 aliphatic rings. The van der Waals surface area contributed by atoms with Gasteiger partial charge in [-0.05, 0) is 44.1 Å². The molecule has 1 atom stereocenters. The fourth-order valence-electron chi connectivity index (χ4n) is 2.87. The van der Waals surface area contributed by atoms with Crippen LogP contribution in [-0.2, 0) is 6.42 Å². The molecule has 0 radical (unpaired) electrons. The summed E-state index contributed by atoms with van der Waals surface area (Å²) in [6, 6.07) is 17.5. The van der Waals surface area contributed by atoms with Crippen LogP contribution in [0.5, 0.6) is 0 Å². The van der Waals surface area contributed by atoms with Gasteiger partial charge in [0.25, 0.3) is 0 Å². The van der Waals surface area contributed by atoms with E-state index in [1.54, 1.807) is 0 Å². The molecule has 1 aliphatic heterocycles. The molecule has 2 aromatic rings. The quantitative estimate of drug-likeness (QED) is 0.832. The van der Waals surface area contributed by atoms with Gasteiger partial charge in [0.2, 0.25) is 0 Å². The van der Waals surface area contributed by atoms with Gasteiger partial charge < -0.3 is 0 Å². The van der Waals surface area contributed by atoms with E-state index in [1.807, 2.05) is 0 Å². The third-order valence-corrected chi connectivity index (χ3v) is 3.92. The van der Waals surface area contributed by atoms with Crippen LogP contribution in [0.4, 0.5) is 0 Å². The minimum atomic E-state index is 0.510. The summed E-state index contributed by atoms with van der Waals surface area (Å²) in [4.78, 5) is 7.27. The highest BCUT2D eigenvalue weighted by molar-refractivity contribution is 5.23. The van der Waals surface area contributed by atoms with Crippen LogP contribution >= 0.6 is 0 Å². The zero-order chi connectivity index (χ0) is 13.1. The average Bonchev–Trinajstić information content (AvgIpc) is 2.86. The minimum Gasteiger partial charge on any atom is -0.298 e. The molecule has 1 aromatic heterocycles. The van der Waals surface area contributed by atoms with Crippen molar-refractivity contribution in [2.45, 2.75) is 25.3 Å². The fourth-order valence-corrected chi connectivity index (χ4v) is 2.87. The van der Waals surface area contributed by atoms with Crippen LogP contribution < -0.4 is 0 Å². The summed E-state index contributed by atoms with van der Waals surface area (Å²) < 4.78 is 0. The van der Waals surface area contributed by atoms with Crippen LogP contribution in [0.3, 0.4) is 0 Å². The molecule has 19 heavy (non-hydrogen) atoms. The molecule has 98 valence electrons. The van der Waals surface area contributed by atoms with E-state index in [9.17, 15) is 0 Å². The first kappa shape index (κ1) is 12.4. The van der Waals surface area contributed by atoms with Gasteiger partial charge in [0.15, 0.2) is 0 Å². The Bertz CT molecular complexity index is 536. The van der Waals surface area contributed by atoms with Crippen molar-refractivity contribution < 1.29 is 0 Å². The Balaban J connectivity index is 1.80. The summed E-state index contributed by atoms with van der Waals surface area (Å²) in [5, 5.41) is 0. The van der Waals surface area contributed by atoms with E-state index in [0.717, 1.165) is 6.42 Å². The number of hydrogen-bond donors (Lipinski definition) is 0. The molecule has 0 saturated carbocycles. The second kappa shape index (κ2) is 5.54. The predicted molar refractivity (Wildman–Crippen MR) is 78.1 cm³/mol. The number of benzene rings is 1. The first-order valence-electron chi connectivity index (χ1n) is 7.03. The fraction of sp³-hybridized carbons (Fsp3) is 0.353. The molecular formula is C17H20N2. The van der Waals surface area contributed by atoms with Crippen LogP contribution in [0.2, 0.25) is 0 Å². The standard InChI is InChI=1S/C17H20N2/c1-19-12-6-11-17(19)16-10-5-9-15(18-16)13-14-7-3-2-4-8-14/h2-5,7-10,17H,6,11-13H2,1H3. The van der Waals surface area contributed by atoms with Gasteiger partial charge in [-0.3, -0.25) is 9.88 Å². The van der Waals surface area contributed by atoms with Crippen LogP contribution in [0.25, 0.3) is 0 Å². The number of rotatable bonds is 3. The topological polar surface area (TPSA) is 16.1 Å². The molecular weight excluding hydrogens is 232 g/mol. The second-order valence-corrected chi connectivity index (χ2v) is 5.35. The normalized spacial score (nSPS) is 19.7. The number of hydrogen-bond acceptors (Lipinski definition) is 2. The number of aromatic nitrogens is 1. The first-order valence-corrected chi connectivity index (χ1v) is 7.03. The molecule has 0 amide bonds. The van der Waals surface area contributed by atoms with Crippen LogP contribution in [0.15, 0.2) is 48.5 Å². The van der Waals surface area contributed by atoms with Crippen LogP contribution in [0.1, 0.15) is 35.8 Å². The predicted octanol–water partition coefficient (Wildman–Crippen LogP) is 3.44. The van der Waals surface area contributed by atoms with E-state index < -0.39 is 0 Å². The average molecular weight is 252 g/mol. The highest BCUT2D eigenvalue weighted by atomic mass is 15.2. The second-order valence-electron chi connectivity index (χ2n) is 5.35. The van der Waals surface area contributed by atoms with E-state index in [1.165, 1.54) is 36.3 Å². The number of likely N-dealkylation sites (tertiary alicyclic amines) is 1. The Morgan fingerprint density at radius 3 is 2.68 bits per heavy atom. The summed E-state index contributed by atoms with van der Waals surface area (Å²) in [5.74, 6) is 0. The highest BCUT2D eigenvalue weighted by Crippen LogP contribution is 2.29. The molecule has 0 aliphatic carbocycles. The van der Waals surface area contributed by atoms with Gasteiger partial charge in [0.1, 0.15) is 0 Å². The maximum atomic E-state index is 4.86. The van der Waals surface area contributed by atoms with Crippen molar-refractivity contribution >= 4 is 0 Å². The summed E-state index contributed by atoms with van der Waals surface area (Å²) in [6.07, 6.45) is 3.44. The maximum absolute atomic E-state index is 4.86. The molecule has 2 heteroatoms. The SMILES string of the molecule is CN1CCCC1c1cccc(Cc2ccccc2)n1. The van der Waals surface area contributed by atoms with E-state index in [0.29, 0.717) is 6.04 Å². The Morgan fingerprint density at radius 1 is 1.11 bits per heavy atom. The molecule has 2 nitrogen and oxygen atoms in total. The molecule has 3 rings (SSSR count). The van der Waals surface area contributed by atoms with Crippen molar-refractivity contribution in [1.82, 2.24) is 9.88 Å². The Hall–Kier alpha value is -1.67. The van der Waals surface area contributed by atoms with E-state index in [4.69, 9.17) is 4.98 Å². The third-order valence-electron chi connectivity index (χ3n) is 3.92. The van der Waals surface area contributed by atoms with Crippen LogP contribution in [-0.4, -0.2) is 23.5 Å². The van der Waals surface area contributed by atoms with Gasteiger partial charge >= 0.3 is 0 Å². The van der Waals surface area contributed by atoms with Crippen molar-refractivity contribution in [1.29, 1.82) is 0 Å². The zero-order valence-electron chi connectivity index (χ0n) is 11.4. The molecule has 0 spiro atoms. The Labute approximate surface area is 115 Å². The van der Waals surface area contributed by atoms with Gasteiger partial charge in [-0.1, -0.05) is 36.4 Å². The lowest BCUT2D eigenvalue weighted by Crippen LogP contribution is -2.18. The maximum Gasteiger partial charge on any atom is 0.0578 e. The Morgan fingerprint density at radius 2 is 1.95 bits per heavy atom. The van der Waals surface area contributed by atoms with Gasteiger partial charge in [-0.15, -0.1) is 0 Å². The van der Waals surface area contributed by atoms with Gasteiger partial charge in [0, 0.05) is 12.1 Å². The van der Waals surface area contributed by atoms with Crippen molar-refractivity contribution in [2.24, 2.45) is 0 Å². The monoisotopic (exact) mass is 252 g/mol. The molecule has 1 saturated heterocycles. The molecule has 1 fully saturated rings. The van der Waals surface area contributed by atoms with Crippen molar-refractivity contribution in [3.05, 3.63) is 65.5 Å². The lowest BCUT2D eigenvalue weighted by molar-refractivity contribution is 0.311. The summed E-state index contributed by atoms with van der Waals surface area (Å²) >= 11 is 0. The lowest BCUT2D eigenvalue weighted by atomic mass is 10.1. The van der Waals surface area contributed by atoms with Gasteiger partial charge in [0.05, 0.1) is 11.7 Å². The lowest BCUT2D eigenvalue weighted by Gasteiger charge is -2.19. The Kier molecular flexibility index (Phi) is 3.60. The molecule has 0 bridgehead atoms. The molecule has 1 aromatic carbocycles. The van der Waals surface area contributed by atoms with E-state index in [2.05, 4.69) is 60.5 Å². The first-order chi connectivity index (χ1) is 9.33. The van der Waals surface area contributed by atoms with Gasteiger partial charge in [-0.2, -0.15) is 0 Å². The summed E-state index contributed by atoms with van der Waals surface area (Å²) in [7, 11) is 2.20. The van der Waals surface area contributed by atoms with Crippen molar-refractivity contribution in [3.63, 3.8) is 0 Å². The molecule has 0 N–H and O–H groups in total. The van der Waals surface area contributed by atoms with Crippen LogP contribution in [0, 0.1) is 0 Å². The van der Waals surface area contributed by atoms with E-state index in [-0.39, 0.29) is 0 Å². The number of nitrogens with zero attached hydrogens (tertiary/aromatic N) is 2. The number of pyridine rings is 1. The van der Waals surface area contributed by atoms with E-state index >= 15 is 0 Å². The minimum absolute atomic E-state index is 0.510. The van der Waals surface area contributed by atoms with Crippen molar-refractivity contribution in [2.75, 3.05) is 13.6 Å². The largest absolute Gasteiger partial charge is 0.298 e.